The number of thiazole rings is 1. The van der Waals surface area contributed by atoms with Gasteiger partial charge in [-0.3, -0.25) is 4.90 Å². The predicted molar refractivity (Wildman–Crippen MR) is 92.1 cm³/mol. The van der Waals surface area contributed by atoms with E-state index in [4.69, 9.17) is 5.73 Å². The molecule has 1 aliphatic rings. The fraction of sp³-hybridized carbons (Fsp3) is 0.812. The van der Waals surface area contributed by atoms with Crippen LogP contribution in [0.25, 0.3) is 0 Å². The van der Waals surface area contributed by atoms with Gasteiger partial charge in [-0.2, -0.15) is 0 Å². The topological polar surface area (TPSA) is 45.4 Å². The van der Waals surface area contributed by atoms with Gasteiger partial charge in [0.2, 0.25) is 0 Å². The van der Waals surface area contributed by atoms with Crippen LogP contribution in [0.5, 0.6) is 0 Å². The quantitative estimate of drug-likeness (QED) is 0.762. The zero-order valence-corrected chi connectivity index (χ0v) is 14.2. The average Bonchev–Trinajstić information content (AvgIpc) is 3.03. The van der Waals surface area contributed by atoms with Crippen molar-refractivity contribution < 1.29 is 0 Å². The number of piperazine rings is 1. The Kier molecular flexibility index (Phi) is 7.47. The SMILES string of the molecule is CCCC(CCN)CCCN1CCN(c2nccs2)CC1. The number of aromatic nitrogens is 1. The van der Waals surface area contributed by atoms with E-state index in [2.05, 4.69) is 27.1 Å². The highest BCUT2D eigenvalue weighted by molar-refractivity contribution is 7.13. The van der Waals surface area contributed by atoms with E-state index in [1.54, 1.807) is 11.3 Å². The highest BCUT2D eigenvalue weighted by Gasteiger charge is 2.18. The van der Waals surface area contributed by atoms with Crippen molar-refractivity contribution in [2.45, 2.75) is 39.0 Å². The van der Waals surface area contributed by atoms with E-state index < -0.39 is 0 Å². The Hall–Kier alpha value is -0.650. The molecular weight excluding hydrogens is 280 g/mol. The Morgan fingerprint density at radius 1 is 1.24 bits per heavy atom. The zero-order chi connectivity index (χ0) is 14.9. The van der Waals surface area contributed by atoms with Gasteiger partial charge >= 0.3 is 0 Å². The molecule has 1 unspecified atom stereocenters. The van der Waals surface area contributed by atoms with Crippen molar-refractivity contribution in [1.29, 1.82) is 0 Å². The van der Waals surface area contributed by atoms with Crippen LogP contribution in [-0.2, 0) is 0 Å². The Morgan fingerprint density at radius 3 is 2.67 bits per heavy atom. The first-order chi connectivity index (χ1) is 10.3. The van der Waals surface area contributed by atoms with Crippen molar-refractivity contribution >= 4 is 16.5 Å². The minimum Gasteiger partial charge on any atom is -0.346 e. The largest absolute Gasteiger partial charge is 0.346 e. The fourth-order valence-electron chi connectivity index (χ4n) is 3.22. The van der Waals surface area contributed by atoms with Gasteiger partial charge in [-0.25, -0.2) is 4.98 Å². The van der Waals surface area contributed by atoms with E-state index in [0.29, 0.717) is 0 Å². The number of hydrogen-bond acceptors (Lipinski definition) is 5. The minimum atomic E-state index is 0.844. The molecule has 1 aromatic rings. The first-order valence-electron chi connectivity index (χ1n) is 8.40. The van der Waals surface area contributed by atoms with Gasteiger partial charge in [0.1, 0.15) is 0 Å². The third-order valence-corrected chi connectivity index (χ3v) is 5.25. The summed E-state index contributed by atoms with van der Waals surface area (Å²) in [5.41, 5.74) is 5.72. The Labute approximate surface area is 133 Å². The van der Waals surface area contributed by atoms with Crippen LogP contribution >= 0.6 is 11.3 Å². The van der Waals surface area contributed by atoms with E-state index in [1.165, 1.54) is 56.9 Å². The van der Waals surface area contributed by atoms with Gasteiger partial charge in [-0.15, -0.1) is 11.3 Å². The van der Waals surface area contributed by atoms with Crippen LogP contribution in [0.4, 0.5) is 5.13 Å². The standard InChI is InChI=1S/C16H30N4S/c1-2-4-15(6-7-17)5-3-9-19-10-12-20(13-11-19)16-18-8-14-21-16/h8,14-15H,2-7,9-13,17H2,1H3. The maximum atomic E-state index is 5.72. The molecule has 0 aromatic carbocycles. The molecule has 120 valence electrons. The van der Waals surface area contributed by atoms with Crippen LogP contribution in [0, 0.1) is 5.92 Å². The summed E-state index contributed by atoms with van der Waals surface area (Å²) in [6.07, 6.45) is 8.40. The smallest absolute Gasteiger partial charge is 0.185 e. The van der Waals surface area contributed by atoms with Gasteiger partial charge < -0.3 is 10.6 Å². The van der Waals surface area contributed by atoms with Gasteiger partial charge in [0.25, 0.3) is 0 Å². The number of hydrogen-bond donors (Lipinski definition) is 1. The summed E-state index contributed by atoms with van der Waals surface area (Å²) in [5, 5.41) is 3.24. The average molecular weight is 311 g/mol. The first-order valence-corrected chi connectivity index (χ1v) is 9.28. The maximum absolute atomic E-state index is 5.72. The zero-order valence-electron chi connectivity index (χ0n) is 13.3. The second-order valence-corrected chi connectivity index (χ2v) is 6.89. The molecule has 1 atom stereocenters. The summed E-state index contributed by atoms with van der Waals surface area (Å²) in [5.74, 6) is 0.844. The van der Waals surface area contributed by atoms with E-state index >= 15 is 0 Å². The summed E-state index contributed by atoms with van der Waals surface area (Å²) in [7, 11) is 0. The lowest BCUT2D eigenvalue weighted by atomic mass is 9.94. The molecule has 1 saturated heterocycles. The minimum absolute atomic E-state index is 0.844. The molecule has 1 fully saturated rings. The normalized spacial score (nSPS) is 18.1. The van der Waals surface area contributed by atoms with E-state index in [1.807, 2.05) is 6.20 Å². The third-order valence-electron chi connectivity index (χ3n) is 4.42. The summed E-state index contributed by atoms with van der Waals surface area (Å²) >= 11 is 1.75. The van der Waals surface area contributed by atoms with Crippen LogP contribution in [0.1, 0.15) is 39.0 Å². The van der Waals surface area contributed by atoms with Crippen LogP contribution in [0.2, 0.25) is 0 Å². The van der Waals surface area contributed by atoms with E-state index in [-0.39, 0.29) is 0 Å². The number of anilines is 1. The Balaban J connectivity index is 1.62. The van der Waals surface area contributed by atoms with Crippen LogP contribution in [-0.4, -0.2) is 49.2 Å². The molecule has 0 saturated carbocycles. The summed E-state index contributed by atoms with van der Waals surface area (Å²) < 4.78 is 0. The third kappa shape index (κ3) is 5.57. The summed E-state index contributed by atoms with van der Waals surface area (Å²) in [6.45, 7) is 8.96. The highest BCUT2D eigenvalue weighted by atomic mass is 32.1. The molecule has 0 radical (unpaired) electrons. The number of nitrogens with zero attached hydrogens (tertiary/aromatic N) is 3. The van der Waals surface area contributed by atoms with Crippen molar-refractivity contribution in [3.63, 3.8) is 0 Å². The lowest BCUT2D eigenvalue weighted by Gasteiger charge is -2.34. The van der Waals surface area contributed by atoms with Gasteiger partial charge in [0.15, 0.2) is 5.13 Å². The molecule has 21 heavy (non-hydrogen) atoms. The second kappa shape index (κ2) is 9.38. The molecule has 0 spiro atoms. The van der Waals surface area contributed by atoms with Crippen molar-refractivity contribution in [3.8, 4) is 0 Å². The van der Waals surface area contributed by atoms with Crippen LogP contribution in [0.3, 0.4) is 0 Å². The van der Waals surface area contributed by atoms with E-state index in [9.17, 15) is 0 Å². The monoisotopic (exact) mass is 310 g/mol. The van der Waals surface area contributed by atoms with Crippen molar-refractivity contribution in [2.24, 2.45) is 11.7 Å². The van der Waals surface area contributed by atoms with Crippen LogP contribution < -0.4 is 10.6 Å². The molecule has 5 heteroatoms. The maximum Gasteiger partial charge on any atom is 0.185 e. The van der Waals surface area contributed by atoms with Gasteiger partial charge in [0.05, 0.1) is 0 Å². The molecular formula is C16H30N4S. The molecule has 2 rings (SSSR count). The van der Waals surface area contributed by atoms with Gasteiger partial charge in [-0.05, 0) is 38.3 Å². The molecule has 1 aliphatic heterocycles. The van der Waals surface area contributed by atoms with Crippen LogP contribution in [0.15, 0.2) is 11.6 Å². The molecule has 2 N–H and O–H groups in total. The van der Waals surface area contributed by atoms with Crippen molar-refractivity contribution in [3.05, 3.63) is 11.6 Å². The fourth-order valence-corrected chi connectivity index (χ4v) is 3.91. The molecule has 4 nitrogen and oxygen atoms in total. The predicted octanol–water partition coefficient (Wildman–Crippen LogP) is 2.81. The molecule has 0 amide bonds. The Bertz CT molecular complexity index is 354. The lowest BCUT2D eigenvalue weighted by molar-refractivity contribution is 0.243. The molecule has 0 bridgehead atoms. The molecule has 0 aliphatic carbocycles. The first kappa shape index (κ1) is 16.7. The lowest BCUT2D eigenvalue weighted by Crippen LogP contribution is -2.46. The second-order valence-electron chi connectivity index (χ2n) is 6.02. The van der Waals surface area contributed by atoms with Gasteiger partial charge in [0, 0.05) is 37.8 Å². The number of nitrogens with two attached hydrogens (primary N) is 1. The van der Waals surface area contributed by atoms with Crippen molar-refractivity contribution in [2.75, 3.05) is 44.2 Å². The van der Waals surface area contributed by atoms with Crippen molar-refractivity contribution in [1.82, 2.24) is 9.88 Å². The highest BCUT2D eigenvalue weighted by Crippen LogP contribution is 2.20. The molecule has 1 aromatic heterocycles. The van der Waals surface area contributed by atoms with E-state index in [0.717, 1.165) is 25.6 Å². The number of rotatable bonds is 9. The Morgan fingerprint density at radius 2 is 2.05 bits per heavy atom. The molecule has 2 heterocycles. The van der Waals surface area contributed by atoms with Gasteiger partial charge in [-0.1, -0.05) is 19.8 Å². The summed E-state index contributed by atoms with van der Waals surface area (Å²) in [6, 6.07) is 0. The summed E-state index contributed by atoms with van der Waals surface area (Å²) in [4.78, 5) is 9.42.